The Kier molecular flexibility index (Phi) is 5.76. The second-order valence-electron chi connectivity index (χ2n) is 4.83. The number of rotatable bonds is 5. The predicted octanol–water partition coefficient (Wildman–Crippen LogP) is 2.89. The Morgan fingerprint density at radius 3 is 2.47 bits per heavy atom. The first-order chi connectivity index (χ1) is 9.22. The van der Waals surface area contributed by atoms with Crippen LogP contribution in [0.15, 0.2) is 18.2 Å². The molecule has 0 spiro atoms. The maximum atomic E-state index is 8.79. The molecule has 0 unspecified atom stereocenters. The fourth-order valence-electron chi connectivity index (χ4n) is 2.40. The topological polar surface area (TPSA) is 26.7 Å². The molecule has 5 heteroatoms. The van der Waals surface area contributed by atoms with Gasteiger partial charge in [0.25, 0.3) is 0 Å². The second-order valence-corrected chi connectivity index (χ2v) is 5.62. The molecule has 1 aromatic rings. The van der Waals surface area contributed by atoms with Crippen molar-refractivity contribution in [2.24, 2.45) is 0 Å². The van der Waals surface area contributed by atoms with Crippen LogP contribution >= 0.6 is 23.2 Å². The van der Waals surface area contributed by atoms with Crippen molar-refractivity contribution in [2.75, 3.05) is 44.2 Å². The van der Waals surface area contributed by atoms with Crippen LogP contribution in [0.5, 0.6) is 0 Å². The SMILES string of the molecule is OCCCCN1CCN(c2cccc(Cl)c2Cl)CC1. The maximum Gasteiger partial charge on any atom is 0.0825 e. The first-order valence-electron chi connectivity index (χ1n) is 6.74. The van der Waals surface area contributed by atoms with E-state index in [2.05, 4.69) is 9.80 Å². The fraction of sp³-hybridized carbons (Fsp3) is 0.571. The lowest BCUT2D eigenvalue weighted by atomic mass is 10.2. The molecule has 106 valence electrons. The molecule has 0 saturated carbocycles. The summed E-state index contributed by atoms with van der Waals surface area (Å²) in [6, 6.07) is 5.78. The lowest BCUT2D eigenvalue weighted by Crippen LogP contribution is -2.46. The number of piperazine rings is 1. The molecule has 1 N–H and O–H groups in total. The van der Waals surface area contributed by atoms with Crippen LogP contribution in [0, 0.1) is 0 Å². The third-order valence-electron chi connectivity index (χ3n) is 3.53. The molecular weight excluding hydrogens is 283 g/mol. The van der Waals surface area contributed by atoms with Crippen molar-refractivity contribution in [2.45, 2.75) is 12.8 Å². The molecule has 19 heavy (non-hydrogen) atoms. The highest BCUT2D eigenvalue weighted by Gasteiger charge is 2.19. The molecule has 1 aliphatic heterocycles. The van der Waals surface area contributed by atoms with Crippen LogP contribution in [0.3, 0.4) is 0 Å². The highest BCUT2D eigenvalue weighted by Crippen LogP contribution is 2.32. The van der Waals surface area contributed by atoms with E-state index in [-0.39, 0.29) is 6.61 Å². The predicted molar refractivity (Wildman–Crippen MR) is 81.4 cm³/mol. The van der Waals surface area contributed by atoms with Gasteiger partial charge in [0.05, 0.1) is 15.7 Å². The van der Waals surface area contributed by atoms with Gasteiger partial charge in [0.1, 0.15) is 0 Å². The lowest BCUT2D eigenvalue weighted by Gasteiger charge is -2.36. The van der Waals surface area contributed by atoms with Crippen molar-refractivity contribution in [1.29, 1.82) is 0 Å². The molecule has 3 nitrogen and oxygen atoms in total. The van der Waals surface area contributed by atoms with Gasteiger partial charge in [-0.3, -0.25) is 4.90 Å². The van der Waals surface area contributed by atoms with E-state index in [1.165, 1.54) is 0 Å². The number of halogens is 2. The molecule has 0 amide bonds. The number of unbranched alkanes of at least 4 members (excludes halogenated alkanes) is 1. The van der Waals surface area contributed by atoms with Crippen molar-refractivity contribution >= 4 is 28.9 Å². The molecule has 0 radical (unpaired) electrons. The average molecular weight is 303 g/mol. The van der Waals surface area contributed by atoms with Crippen LogP contribution in [-0.2, 0) is 0 Å². The Hall–Kier alpha value is -0.480. The normalized spacial score (nSPS) is 16.9. The number of nitrogens with zero attached hydrogens (tertiary/aromatic N) is 2. The number of benzene rings is 1. The van der Waals surface area contributed by atoms with Gasteiger partial charge in [-0.2, -0.15) is 0 Å². The van der Waals surface area contributed by atoms with Crippen molar-refractivity contribution in [3.63, 3.8) is 0 Å². The Labute approximate surface area is 124 Å². The van der Waals surface area contributed by atoms with Crippen LogP contribution in [-0.4, -0.2) is 49.3 Å². The minimum Gasteiger partial charge on any atom is -0.396 e. The largest absolute Gasteiger partial charge is 0.396 e. The van der Waals surface area contributed by atoms with Crippen LogP contribution in [0.4, 0.5) is 5.69 Å². The number of hydrogen-bond acceptors (Lipinski definition) is 3. The van der Waals surface area contributed by atoms with E-state index < -0.39 is 0 Å². The average Bonchev–Trinajstić information content (AvgIpc) is 2.43. The molecule has 2 rings (SSSR count). The minimum absolute atomic E-state index is 0.290. The monoisotopic (exact) mass is 302 g/mol. The van der Waals surface area contributed by atoms with Gasteiger partial charge in [-0.25, -0.2) is 0 Å². The summed E-state index contributed by atoms with van der Waals surface area (Å²) in [4.78, 5) is 4.72. The molecule has 1 saturated heterocycles. The Bertz CT molecular complexity index is 406. The van der Waals surface area contributed by atoms with Crippen LogP contribution in [0.25, 0.3) is 0 Å². The number of aliphatic hydroxyl groups excluding tert-OH is 1. The van der Waals surface area contributed by atoms with E-state index >= 15 is 0 Å². The zero-order valence-electron chi connectivity index (χ0n) is 11.0. The molecule has 0 bridgehead atoms. The molecule has 1 aromatic carbocycles. The number of hydrogen-bond donors (Lipinski definition) is 1. The smallest absolute Gasteiger partial charge is 0.0825 e. The summed E-state index contributed by atoms with van der Waals surface area (Å²) >= 11 is 12.3. The van der Waals surface area contributed by atoms with E-state index in [9.17, 15) is 0 Å². The first-order valence-corrected chi connectivity index (χ1v) is 7.50. The summed E-state index contributed by atoms with van der Waals surface area (Å²) in [5.41, 5.74) is 1.03. The fourth-order valence-corrected chi connectivity index (χ4v) is 2.81. The van der Waals surface area contributed by atoms with E-state index in [0.717, 1.165) is 51.3 Å². The van der Waals surface area contributed by atoms with Gasteiger partial charge in [-0.1, -0.05) is 29.3 Å². The molecular formula is C14H20Cl2N2O. The molecule has 1 heterocycles. The van der Waals surface area contributed by atoms with Gasteiger partial charge in [0, 0.05) is 32.8 Å². The van der Waals surface area contributed by atoms with Crippen molar-refractivity contribution in [1.82, 2.24) is 4.90 Å². The van der Waals surface area contributed by atoms with Gasteiger partial charge >= 0.3 is 0 Å². The summed E-state index contributed by atoms with van der Waals surface area (Å²) in [7, 11) is 0. The Morgan fingerprint density at radius 1 is 1.05 bits per heavy atom. The third-order valence-corrected chi connectivity index (χ3v) is 4.34. The third kappa shape index (κ3) is 3.99. The van der Waals surface area contributed by atoms with Gasteiger partial charge in [-0.05, 0) is 31.5 Å². The quantitative estimate of drug-likeness (QED) is 0.847. The maximum absolute atomic E-state index is 8.79. The molecule has 0 atom stereocenters. The Balaban J connectivity index is 1.87. The zero-order chi connectivity index (χ0) is 13.7. The van der Waals surface area contributed by atoms with Crippen molar-refractivity contribution < 1.29 is 5.11 Å². The van der Waals surface area contributed by atoms with E-state index in [1.54, 1.807) is 0 Å². The summed E-state index contributed by atoms with van der Waals surface area (Å²) in [5.74, 6) is 0. The molecule has 0 aliphatic carbocycles. The van der Waals surface area contributed by atoms with Crippen molar-refractivity contribution in [3.8, 4) is 0 Å². The molecule has 1 fully saturated rings. The van der Waals surface area contributed by atoms with Gasteiger partial charge < -0.3 is 10.0 Å². The minimum atomic E-state index is 0.290. The Morgan fingerprint density at radius 2 is 1.79 bits per heavy atom. The molecule has 0 aromatic heterocycles. The summed E-state index contributed by atoms with van der Waals surface area (Å²) in [5, 5.41) is 10.1. The van der Waals surface area contributed by atoms with E-state index in [4.69, 9.17) is 28.3 Å². The lowest BCUT2D eigenvalue weighted by molar-refractivity contribution is 0.232. The first kappa shape index (κ1) is 14.9. The van der Waals surface area contributed by atoms with Crippen LogP contribution in [0.2, 0.25) is 10.0 Å². The second kappa shape index (κ2) is 7.34. The van der Waals surface area contributed by atoms with Crippen LogP contribution < -0.4 is 4.90 Å². The van der Waals surface area contributed by atoms with Crippen LogP contribution in [0.1, 0.15) is 12.8 Å². The standard InChI is InChI=1S/C14H20Cl2N2O/c15-12-4-3-5-13(14(12)16)18-9-7-17(8-10-18)6-1-2-11-19/h3-5,19H,1-2,6-11H2. The number of aliphatic hydroxyl groups is 1. The van der Waals surface area contributed by atoms with E-state index in [0.29, 0.717) is 10.0 Å². The van der Waals surface area contributed by atoms with Crippen molar-refractivity contribution in [3.05, 3.63) is 28.2 Å². The summed E-state index contributed by atoms with van der Waals surface area (Å²) in [6.07, 6.45) is 1.95. The van der Waals surface area contributed by atoms with Gasteiger partial charge in [-0.15, -0.1) is 0 Å². The van der Waals surface area contributed by atoms with Gasteiger partial charge in [0.2, 0.25) is 0 Å². The highest BCUT2D eigenvalue weighted by atomic mass is 35.5. The van der Waals surface area contributed by atoms with Gasteiger partial charge in [0.15, 0.2) is 0 Å². The summed E-state index contributed by atoms with van der Waals surface area (Å²) in [6.45, 7) is 5.37. The van der Waals surface area contributed by atoms with E-state index in [1.807, 2.05) is 18.2 Å². The summed E-state index contributed by atoms with van der Waals surface area (Å²) < 4.78 is 0. The highest BCUT2D eigenvalue weighted by molar-refractivity contribution is 6.43. The number of anilines is 1. The zero-order valence-corrected chi connectivity index (χ0v) is 12.5. The molecule has 1 aliphatic rings.